The lowest BCUT2D eigenvalue weighted by Crippen LogP contribution is -2.36. The maximum atomic E-state index is 5.69. The highest BCUT2D eigenvalue weighted by molar-refractivity contribution is 14.0. The first-order valence-electron chi connectivity index (χ1n) is 9.13. The Morgan fingerprint density at radius 3 is 2.52 bits per heavy atom. The molecule has 0 aromatic heterocycles. The summed E-state index contributed by atoms with van der Waals surface area (Å²) in [5.41, 5.74) is 3.49. The second kappa shape index (κ2) is 12.4. The van der Waals surface area contributed by atoms with E-state index in [9.17, 15) is 0 Å². The summed E-state index contributed by atoms with van der Waals surface area (Å²) in [4.78, 5) is 6.81. The zero-order valence-electron chi connectivity index (χ0n) is 16.7. The number of ether oxygens (including phenoxy) is 1. The summed E-state index contributed by atoms with van der Waals surface area (Å²) in [5.74, 6) is 1.71. The van der Waals surface area contributed by atoms with E-state index in [1.54, 1.807) is 0 Å². The fourth-order valence-corrected chi connectivity index (χ4v) is 2.57. The normalized spacial score (nSPS) is 10.7. The third kappa shape index (κ3) is 7.66. The van der Waals surface area contributed by atoms with Crippen LogP contribution in [0.1, 0.15) is 25.0 Å². The summed E-state index contributed by atoms with van der Waals surface area (Å²) in [7, 11) is 4.09. The summed E-state index contributed by atoms with van der Waals surface area (Å²) >= 11 is 0. The summed E-state index contributed by atoms with van der Waals surface area (Å²) in [6.07, 6.45) is 0. The standard InChI is InChI=1S/C21H30N4O.HI/c1-5-22-21(23-15-17-10-9-12-19(14-17)25(3)4)24-16-18-11-7-8-13-20(18)26-6-2;/h7-14H,5-6,15-16H2,1-4H3,(H2,22,23,24);1H. The lowest BCUT2D eigenvalue weighted by Gasteiger charge is -2.15. The van der Waals surface area contributed by atoms with Gasteiger partial charge in [-0.2, -0.15) is 0 Å². The number of rotatable bonds is 8. The molecule has 0 unspecified atom stereocenters. The molecule has 2 aromatic carbocycles. The fourth-order valence-electron chi connectivity index (χ4n) is 2.57. The number of hydrogen-bond donors (Lipinski definition) is 2. The Labute approximate surface area is 180 Å². The van der Waals surface area contributed by atoms with Gasteiger partial charge in [-0.3, -0.25) is 0 Å². The van der Waals surface area contributed by atoms with Gasteiger partial charge in [0, 0.05) is 38.4 Å². The van der Waals surface area contributed by atoms with E-state index in [0.717, 1.165) is 23.8 Å². The van der Waals surface area contributed by atoms with E-state index >= 15 is 0 Å². The van der Waals surface area contributed by atoms with Gasteiger partial charge >= 0.3 is 0 Å². The van der Waals surface area contributed by atoms with Crippen molar-refractivity contribution in [3.63, 3.8) is 0 Å². The van der Waals surface area contributed by atoms with Crippen molar-refractivity contribution < 1.29 is 4.74 Å². The van der Waals surface area contributed by atoms with Crippen molar-refractivity contribution in [1.29, 1.82) is 0 Å². The molecule has 0 saturated carbocycles. The van der Waals surface area contributed by atoms with E-state index in [4.69, 9.17) is 9.73 Å². The summed E-state index contributed by atoms with van der Waals surface area (Å²) in [6, 6.07) is 16.5. The van der Waals surface area contributed by atoms with Gasteiger partial charge in [-0.05, 0) is 37.6 Å². The van der Waals surface area contributed by atoms with Crippen LogP contribution in [0.3, 0.4) is 0 Å². The van der Waals surface area contributed by atoms with Crippen molar-refractivity contribution in [3.8, 4) is 5.75 Å². The molecule has 27 heavy (non-hydrogen) atoms. The molecule has 148 valence electrons. The van der Waals surface area contributed by atoms with Gasteiger partial charge in [-0.25, -0.2) is 4.99 Å². The first-order chi connectivity index (χ1) is 12.6. The minimum absolute atomic E-state index is 0. The Morgan fingerprint density at radius 1 is 1.04 bits per heavy atom. The van der Waals surface area contributed by atoms with Gasteiger partial charge in [0.1, 0.15) is 5.75 Å². The summed E-state index contributed by atoms with van der Waals surface area (Å²) in [5, 5.41) is 6.69. The smallest absolute Gasteiger partial charge is 0.191 e. The first-order valence-corrected chi connectivity index (χ1v) is 9.13. The molecular weight excluding hydrogens is 451 g/mol. The minimum atomic E-state index is 0. The minimum Gasteiger partial charge on any atom is -0.494 e. The van der Waals surface area contributed by atoms with Crippen LogP contribution in [-0.2, 0) is 13.1 Å². The number of aliphatic imine (C=N–C) groups is 1. The van der Waals surface area contributed by atoms with Crippen LogP contribution in [0.25, 0.3) is 0 Å². The molecule has 0 fully saturated rings. The molecule has 0 aliphatic carbocycles. The molecule has 0 heterocycles. The zero-order valence-corrected chi connectivity index (χ0v) is 19.0. The molecule has 0 radical (unpaired) electrons. The Kier molecular flexibility index (Phi) is 10.6. The van der Waals surface area contributed by atoms with Crippen molar-refractivity contribution in [2.45, 2.75) is 26.9 Å². The lowest BCUT2D eigenvalue weighted by atomic mass is 10.2. The summed E-state index contributed by atoms with van der Waals surface area (Å²) in [6.45, 7) is 6.84. The van der Waals surface area contributed by atoms with E-state index < -0.39 is 0 Å². The van der Waals surface area contributed by atoms with Crippen molar-refractivity contribution in [3.05, 3.63) is 59.7 Å². The number of para-hydroxylation sites is 1. The van der Waals surface area contributed by atoms with Crippen LogP contribution < -0.4 is 20.3 Å². The maximum absolute atomic E-state index is 5.69. The summed E-state index contributed by atoms with van der Waals surface area (Å²) < 4.78 is 5.69. The monoisotopic (exact) mass is 482 g/mol. The number of nitrogens with one attached hydrogen (secondary N) is 2. The van der Waals surface area contributed by atoms with Crippen LogP contribution in [0.2, 0.25) is 0 Å². The third-order valence-corrected chi connectivity index (χ3v) is 3.91. The molecule has 0 amide bonds. The number of guanidine groups is 1. The molecule has 5 nitrogen and oxygen atoms in total. The average Bonchev–Trinajstić information content (AvgIpc) is 2.65. The largest absolute Gasteiger partial charge is 0.494 e. The Balaban J connectivity index is 0.00000364. The fraction of sp³-hybridized carbons (Fsp3) is 0.381. The predicted molar refractivity (Wildman–Crippen MR) is 125 cm³/mol. The van der Waals surface area contributed by atoms with Gasteiger partial charge < -0.3 is 20.3 Å². The molecule has 0 atom stereocenters. The molecular formula is C21H31IN4O. The molecule has 0 spiro atoms. The van der Waals surface area contributed by atoms with Crippen LogP contribution in [-0.4, -0.2) is 33.2 Å². The average molecular weight is 482 g/mol. The van der Waals surface area contributed by atoms with Gasteiger partial charge in [0.2, 0.25) is 0 Å². The molecule has 0 aliphatic heterocycles. The SMILES string of the molecule is CCNC(=NCc1cccc(N(C)C)c1)NCc1ccccc1OCC.I. The quantitative estimate of drug-likeness (QED) is 0.339. The third-order valence-electron chi connectivity index (χ3n) is 3.91. The van der Waals surface area contributed by atoms with Crippen molar-refractivity contribution in [2.75, 3.05) is 32.1 Å². The van der Waals surface area contributed by atoms with E-state index in [0.29, 0.717) is 19.7 Å². The maximum Gasteiger partial charge on any atom is 0.191 e. The van der Waals surface area contributed by atoms with E-state index in [2.05, 4.69) is 52.8 Å². The molecule has 2 aromatic rings. The van der Waals surface area contributed by atoms with E-state index in [1.807, 2.05) is 39.2 Å². The molecule has 0 aliphatic rings. The number of hydrogen-bond acceptors (Lipinski definition) is 3. The highest BCUT2D eigenvalue weighted by Crippen LogP contribution is 2.17. The second-order valence-electron chi connectivity index (χ2n) is 6.15. The van der Waals surface area contributed by atoms with E-state index in [-0.39, 0.29) is 24.0 Å². The lowest BCUT2D eigenvalue weighted by molar-refractivity contribution is 0.336. The molecule has 2 rings (SSSR count). The van der Waals surface area contributed by atoms with Crippen LogP contribution in [0, 0.1) is 0 Å². The Morgan fingerprint density at radius 2 is 1.81 bits per heavy atom. The molecule has 2 N–H and O–H groups in total. The first kappa shape index (κ1) is 23.1. The topological polar surface area (TPSA) is 48.9 Å². The van der Waals surface area contributed by atoms with E-state index in [1.165, 1.54) is 11.3 Å². The Hall–Kier alpha value is -1.96. The number of benzene rings is 2. The van der Waals surface area contributed by atoms with Crippen LogP contribution in [0.15, 0.2) is 53.5 Å². The number of anilines is 1. The van der Waals surface area contributed by atoms with Gasteiger partial charge in [-0.1, -0.05) is 30.3 Å². The van der Waals surface area contributed by atoms with Crippen LogP contribution >= 0.6 is 24.0 Å². The number of halogens is 1. The number of nitrogens with zero attached hydrogens (tertiary/aromatic N) is 2. The predicted octanol–water partition coefficient (Wildman–Crippen LogP) is 4.02. The van der Waals surface area contributed by atoms with Crippen molar-refractivity contribution >= 4 is 35.6 Å². The second-order valence-corrected chi connectivity index (χ2v) is 6.15. The highest BCUT2D eigenvalue weighted by Gasteiger charge is 2.04. The molecule has 6 heteroatoms. The zero-order chi connectivity index (χ0) is 18.8. The molecule has 0 bridgehead atoms. The van der Waals surface area contributed by atoms with Gasteiger partial charge in [0.05, 0.1) is 13.2 Å². The van der Waals surface area contributed by atoms with Crippen LogP contribution in [0.5, 0.6) is 5.75 Å². The van der Waals surface area contributed by atoms with Crippen LogP contribution in [0.4, 0.5) is 5.69 Å². The van der Waals surface area contributed by atoms with Gasteiger partial charge in [0.25, 0.3) is 0 Å². The highest BCUT2D eigenvalue weighted by atomic mass is 127. The molecule has 0 saturated heterocycles. The van der Waals surface area contributed by atoms with Gasteiger partial charge in [-0.15, -0.1) is 24.0 Å². The van der Waals surface area contributed by atoms with Crippen molar-refractivity contribution in [2.24, 2.45) is 4.99 Å². The van der Waals surface area contributed by atoms with Gasteiger partial charge in [0.15, 0.2) is 5.96 Å². The Bertz CT molecular complexity index is 719. The van der Waals surface area contributed by atoms with Crippen molar-refractivity contribution in [1.82, 2.24) is 10.6 Å².